The van der Waals surface area contributed by atoms with E-state index in [2.05, 4.69) is 10.1 Å². The predicted octanol–water partition coefficient (Wildman–Crippen LogP) is 4.00. The van der Waals surface area contributed by atoms with E-state index in [0.29, 0.717) is 18.1 Å². The molecule has 1 amide bonds. The number of rotatable bonds is 7. The molecule has 1 aromatic heterocycles. The summed E-state index contributed by atoms with van der Waals surface area (Å²) in [4.78, 5) is 18.5. The minimum Gasteiger partial charge on any atom is -0.478 e. The average molecular weight is 383 g/mol. The van der Waals surface area contributed by atoms with Crippen LogP contribution in [0.4, 0.5) is 4.39 Å². The fraction of sp³-hybridized carbons (Fsp3) is 0.286. The highest BCUT2D eigenvalue weighted by Gasteiger charge is 2.25. The maximum Gasteiger partial charge on any atom is 0.263 e. The Bertz CT molecular complexity index is 940. The summed E-state index contributed by atoms with van der Waals surface area (Å²) in [5, 5.41) is 3.97. The summed E-state index contributed by atoms with van der Waals surface area (Å²) >= 11 is 0. The predicted molar refractivity (Wildman–Crippen MR) is 102 cm³/mol. The van der Waals surface area contributed by atoms with Gasteiger partial charge in [-0.05, 0) is 25.5 Å². The van der Waals surface area contributed by atoms with Crippen LogP contribution in [0.1, 0.15) is 24.8 Å². The lowest BCUT2D eigenvalue weighted by Gasteiger charge is -2.22. The first-order chi connectivity index (χ1) is 13.5. The Kier molecular flexibility index (Phi) is 6.03. The molecule has 0 saturated carbocycles. The smallest absolute Gasteiger partial charge is 0.263 e. The van der Waals surface area contributed by atoms with Crippen LogP contribution in [0.15, 0.2) is 53.1 Å². The monoisotopic (exact) mass is 383 g/mol. The standard InChI is InChI=1S/C21H22FN3O3/c1-4-17(27-18-8-6-5-7-16(18)22)21(26)25(3)13-19-23-20(24-28-19)15-11-9-14(2)10-12-15/h5-12,17H,4,13H2,1-3H3. The zero-order valence-corrected chi connectivity index (χ0v) is 16.1. The lowest BCUT2D eigenvalue weighted by atomic mass is 10.1. The number of aromatic nitrogens is 2. The third-order valence-electron chi connectivity index (χ3n) is 4.28. The zero-order valence-electron chi connectivity index (χ0n) is 16.1. The van der Waals surface area contributed by atoms with E-state index in [0.717, 1.165) is 11.1 Å². The number of hydrogen-bond acceptors (Lipinski definition) is 5. The van der Waals surface area contributed by atoms with Crippen molar-refractivity contribution in [1.29, 1.82) is 0 Å². The molecule has 0 radical (unpaired) electrons. The van der Waals surface area contributed by atoms with Gasteiger partial charge in [0.05, 0.1) is 6.54 Å². The average Bonchev–Trinajstić information content (AvgIpc) is 3.16. The number of carbonyl (C=O) groups excluding carboxylic acids is 1. The fourth-order valence-electron chi connectivity index (χ4n) is 2.67. The molecule has 3 aromatic rings. The molecule has 0 aliphatic rings. The van der Waals surface area contributed by atoms with Gasteiger partial charge in [-0.2, -0.15) is 4.98 Å². The number of carbonyl (C=O) groups is 1. The van der Waals surface area contributed by atoms with Crippen LogP contribution in [0.2, 0.25) is 0 Å². The summed E-state index contributed by atoms with van der Waals surface area (Å²) in [5.74, 6) is 0.0325. The molecule has 7 heteroatoms. The second-order valence-electron chi connectivity index (χ2n) is 6.52. The maximum absolute atomic E-state index is 13.8. The van der Waals surface area contributed by atoms with Crippen molar-refractivity contribution >= 4 is 5.91 Å². The van der Waals surface area contributed by atoms with Gasteiger partial charge >= 0.3 is 0 Å². The van der Waals surface area contributed by atoms with E-state index >= 15 is 0 Å². The molecule has 0 aliphatic carbocycles. The molecule has 28 heavy (non-hydrogen) atoms. The lowest BCUT2D eigenvalue weighted by molar-refractivity contribution is -0.138. The normalized spacial score (nSPS) is 11.9. The van der Waals surface area contributed by atoms with Crippen molar-refractivity contribution in [2.24, 2.45) is 0 Å². The van der Waals surface area contributed by atoms with Crippen LogP contribution in [0.25, 0.3) is 11.4 Å². The van der Waals surface area contributed by atoms with E-state index < -0.39 is 11.9 Å². The summed E-state index contributed by atoms with van der Waals surface area (Å²) in [6.07, 6.45) is -0.406. The van der Waals surface area contributed by atoms with E-state index in [4.69, 9.17) is 9.26 Å². The molecule has 0 spiro atoms. The number of benzene rings is 2. The molecule has 1 unspecified atom stereocenters. The van der Waals surface area contributed by atoms with E-state index in [1.807, 2.05) is 31.2 Å². The molecule has 6 nitrogen and oxygen atoms in total. The Balaban J connectivity index is 1.66. The van der Waals surface area contributed by atoms with Crippen molar-refractivity contribution in [3.63, 3.8) is 0 Å². The van der Waals surface area contributed by atoms with Gasteiger partial charge in [0, 0.05) is 12.6 Å². The topological polar surface area (TPSA) is 68.5 Å². The SMILES string of the molecule is CCC(Oc1ccccc1F)C(=O)N(C)Cc1nc(-c2ccc(C)cc2)no1. The van der Waals surface area contributed by atoms with Gasteiger partial charge < -0.3 is 14.2 Å². The molecular weight excluding hydrogens is 361 g/mol. The number of nitrogens with zero attached hydrogens (tertiary/aromatic N) is 3. The van der Waals surface area contributed by atoms with E-state index in [1.165, 1.54) is 17.0 Å². The van der Waals surface area contributed by atoms with Crippen LogP contribution in [0, 0.1) is 12.7 Å². The minimum absolute atomic E-state index is 0.0514. The Morgan fingerprint density at radius 3 is 2.61 bits per heavy atom. The van der Waals surface area contributed by atoms with Gasteiger partial charge in [0.15, 0.2) is 17.7 Å². The molecule has 3 rings (SSSR count). The summed E-state index contributed by atoms with van der Waals surface area (Å²) in [7, 11) is 1.62. The molecule has 0 saturated heterocycles. The maximum atomic E-state index is 13.8. The van der Waals surface area contributed by atoms with Gasteiger partial charge in [-0.15, -0.1) is 0 Å². The van der Waals surface area contributed by atoms with Crippen LogP contribution in [-0.4, -0.2) is 34.1 Å². The number of ether oxygens (including phenoxy) is 1. The lowest BCUT2D eigenvalue weighted by Crippen LogP contribution is -2.39. The van der Waals surface area contributed by atoms with Crippen LogP contribution < -0.4 is 4.74 Å². The third kappa shape index (κ3) is 4.54. The minimum atomic E-state index is -0.804. The number of hydrogen-bond donors (Lipinski definition) is 0. The Morgan fingerprint density at radius 2 is 1.93 bits per heavy atom. The highest BCUT2D eigenvalue weighted by atomic mass is 19.1. The van der Waals surface area contributed by atoms with Crippen molar-refractivity contribution < 1.29 is 18.4 Å². The van der Waals surface area contributed by atoms with Gasteiger partial charge in [-0.1, -0.05) is 54.0 Å². The van der Waals surface area contributed by atoms with Crippen molar-refractivity contribution in [2.75, 3.05) is 7.05 Å². The Hall–Kier alpha value is -3.22. The van der Waals surface area contributed by atoms with Crippen LogP contribution in [-0.2, 0) is 11.3 Å². The van der Waals surface area contributed by atoms with Crippen LogP contribution in [0.5, 0.6) is 5.75 Å². The first kappa shape index (κ1) is 19.5. The molecule has 0 bridgehead atoms. The van der Waals surface area contributed by atoms with Crippen molar-refractivity contribution in [3.05, 3.63) is 65.8 Å². The molecule has 0 N–H and O–H groups in total. The molecule has 0 aliphatic heterocycles. The zero-order chi connectivity index (χ0) is 20.1. The third-order valence-corrected chi connectivity index (χ3v) is 4.28. The number of amides is 1. The summed E-state index contributed by atoms with van der Waals surface area (Å²) < 4.78 is 24.6. The largest absolute Gasteiger partial charge is 0.478 e. The molecule has 0 fully saturated rings. The number of aryl methyl sites for hydroxylation is 1. The van der Waals surface area contributed by atoms with Crippen LogP contribution in [0.3, 0.4) is 0 Å². The number of para-hydroxylation sites is 1. The van der Waals surface area contributed by atoms with Crippen molar-refractivity contribution in [3.8, 4) is 17.1 Å². The second-order valence-corrected chi connectivity index (χ2v) is 6.52. The van der Waals surface area contributed by atoms with E-state index in [1.54, 1.807) is 26.1 Å². The summed E-state index contributed by atoms with van der Waals surface area (Å²) in [6.45, 7) is 3.94. The summed E-state index contributed by atoms with van der Waals surface area (Å²) in [5.41, 5.74) is 1.97. The van der Waals surface area contributed by atoms with Gasteiger partial charge in [0.2, 0.25) is 11.7 Å². The Morgan fingerprint density at radius 1 is 1.21 bits per heavy atom. The summed E-state index contributed by atoms with van der Waals surface area (Å²) in [6, 6.07) is 13.8. The molecule has 1 atom stereocenters. The van der Waals surface area contributed by atoms with Gasteiger partial charge in [-0.25, -0.2) is 4.39 Å². The highest BCUT2D eigenvalue weighted by Crippen LogP contribution is 2.20. The first-order valence-electron chi connectivity index (χ1n) is 9.03. The highest BCUT2D eigenvalue weighted by molar-refractivity contribution is 5.81. The molecule has 146 valence electrons. The molecule has 2 aromatic carbocycles. The first-order valence-corrected chi connectivity index (χ1v) is 9.03. The molecular formula is C21H22FN3O3. The van der Waals surface area contributed by atoms with E-state index in [9.17, 15) is 9.18 Å². The van der Waals surface area contributed by atoms with Gasteiger partial charge in [0.25, 0.3) is 5.91 Å². The number of halogens is 1. The second kappa shape index (κ2) is 8.65. The number of likely N-dealkylation sites (N-methyl/N-ethyl adjacent to an activating group) is 1. The fourth-order valence-corrected chi connectivity index (χ4v) is 2.67. The van der Waals surface area contributed by atoms with Gasteiger partial charge in [-0.3, -0.25) is 4.79 Å². The van der Waals surface area contributed by atoms with E-state index in [-0.39, 0.29) is 18.2 Å². The van der Waals surface area contributed by atoms with Crippen molar-refractivity contribution in [1.82, 2.24) is 15.0 Å². The van der Waals surface area contributed by atoms with Gasteiger partial charge in [0.1, 0.15) is 0 Å². The quantitative estimate of drug-likeness (QED) is 0.617. The molecule has 1 heterocycles. The van der Waals surface area contributed by atoms with Crippen molar-refractivity contribution in [2.45, 2.75) is 32.9 Å². The Labute approximate surface area is 162 Å². The van der Waals surface area contributed by atoms with Crippen LogP contribution >= 0.6 is 0 Å².